The number of hydrogen-bond acceptors (Lipinski definition) is 2. The summed E-state index contributed by atoms with van der Waals surface area (Å²) >= 11 is 0. The number of ether oxygens (including phenoxy) is 1. The fourth-order valence-corrected chi connectivity index (χ4v) is 2.56. The third-order valence-corrected chi connectivity index (χ3v) is 3.50. The Labute approximate surface area is 122 Å². The monoisotopic (exact) mass is 281 g/mol. The van der Waals surface area contributed by atoms with E-state index in [2.05, 4.69) is 4.98 Å². The van der Waals surface area contributed by atoms with Crippen LogP contribution in [0.15, 0.2) is 48.5 Å². The maximum atomic E-state index is 11.2. The van der Waals surface area contributed by atoms with Crippen LogP contribution in [0.4, 0.5) is 0 Å². The second kappa shape index (κ2) is 5.32. The van der Waals surface area contributed by atoms with E-state index in [1.807, 2.05) is 48.5 Å². The van der Waals surface area contributed by atoms with Gasteiger partial charge in [-0.25, -0.2) is 0 Å². The van der Waals surface area contributed by atoms with Crippen molar-refractivity contribution in [1.29, 1.82) is 0 Å². The van der Waals surface area contributed by atoms with Crippen LogP contribution in [0.3, 0.4) is 0 Å². The van der Waals surface area contributed by atoms with Crippen molar-refractivity contribution < 1.29 is 14.6 Å². The van der Waals surface area contributed by atoms with Gasteiger partial charge in [-0.3, -0.25) is 4.79 Å². The fourth-order valence-electron chi connectivity index (χ4n) is 2.56. The Balaban J connectivity index is 2.22. The van der Waals surface area contributed by atoms with Gasteiger partial charge in [0.15, 0.2) is 0 Å². The van der Waals surface area contributed by atoms with E-state index in [1.165, 1.54) is 0 Å². The number of carbonyl (C=O) groups is 1. The molecular formula is C17H15NO3. The minimum Gasteiger partial charge on any atom is -0.497 e. The van der Waals surface area contributed by atoms with Crippen LogP contribution in [0.25, 0.3) is 22.2 Å². The van der Waals surface area contributed by atoms with Crippen LogP contribution in [0.5, 0.6) is 5.75 Å². The Kier molecular flexibility index (Phi) is 3.36. The largest absolute Gasteiger partial charge is 0.497 e. The number of carboxylic acid groups (broad SMARTS) is 1. The predicted octanol–water partition coefficient (Wildman–Crippen LogP) is 3.47. The zero-order chi connectivity index (χ0) is 14.8. The normalized spacial score (nSPS) is 10.7. The highest BCUT2D eigenvalue weighted by Crippen LogP contribution is 2.32. The molecule has 0 radical (unpaired) electrons. The van der Waals surface area contributed by atoms with E-state index in [-0.39, 0.29) is 6.42 Å². The summed E-state index contributed by atoms with van der Waals surface area (Å²) in [6.45, 7) is 0. The van der Waals surface area contributed by atoms with Crippen molar-refractivity contribution in [3.05, 3.63) is 54.1 Å². The number of aliphatic carboxylic acids is 1. The first kappa shape index (κ1) is 13.2. The number of rotatable bonds is 4. The third kappa shape index (κ3) is 2.48. The fraction of sp³-hybridized carbons (Fsp3) is 0.118. The Morgan fingerprint density at radius 2 is 2.00 bits per heavy atom. The molecule has 0 saturated carbocycles. The number of methoxy groups -OCH3 is 1. The molecule has 21 heavy (non-hydrogen) atoms. The van der Waals surface area contributed by atoms with Crippen LogP contribution >= 0.6 is 0 Å². The summed E-state index contributed by atoms with van der Waals surface area (Å²) in [7, 11) is 1.61. The van der Waals surface area contributed by atoms with E-state index < -0.39 is 5.97 Å². The van der Waals surface area contributed by atoms with Crippen LogP contribution in [0.2, 0.25) is 0 Å². The Hall–Kier alpha value is -2.75. The SMILES string of the molecule is COc1cccc(-c2[nH]c3ccccc3c2CC(=O)O)c1. The zero-order valence-corrected chi connectivity index (χ0v) is 11.6. The summed E-state index contributed by atoms with van der Waals surface area (Å²) in [4.78, 5) is 14.5. The number of nitrogens with one attached hydrogen (secondary N) is 1. The summed E-state index contributed by atoms with van der Waals surface area (Å²) in [6.07, 6.45) is -0.0173. The number of carboxylic acids is 1. The van der Waals surface area contributed by atoms with E-state index >= 15 is 0 Å². The lowest BCUT2D eigenvalue weighted by Gasteiger charge is -2.05. The van der Waals surface area contributed by atoms with Crippen LogP contribution < -0.4 is 4.74 Å². The molecule has 1 aromatic heterocycles. The molecule has 106 valence electrons. The summed E-state index contributed by atoms with van der Waals surface area (Å²) in [5.74, 6) is -0.101. The molecule has 2 N–H and O–H groups in total. The van der Waals surface area contributed by atoms with E-state index in [4.69, 9.17) is 4.74 Å². The standard InChI is InChI=1S/C17H15NO3/c1-21-12-6-4-5-11(9-12)17-14(10-16(19)20)13-7-2-3-8-15(13)18-17/h2-9,18H,10H2,1H3,(H,19,20). The number of hydrogen-bond donors (Lipinski definition) is 2. The van der Waals surface area contributed by atoms with Crippen LogP contribution in [0.1, 0.15) is 5.56 Å². The predicted molar refractivity (Wildman–Crippen MR) is 81.6 cm³/mol. The number of benzene rings is 2. The number of para-hydroxylation sites is 1. The summed E-state index contributed by atoms with van der Waals surface area (Å²) in [5, 5.41) is 10.1. The quantitative estimate of drug-likeness (QED) is 0.769. The van der Waals surface area contributed by atoms with Crippen molar-refractivity contribution in [2.24, 2.45) is 0 Å². The number of H-pyrrole nitrogens is 1. The van der Waals surface area contributed by atoms with Crippen molar-refractivity contribution in [2.45, 2.75) is 6.42 Å². The highest BCUT2D eigenvalue weighted by Gasteiger charge is 2.15. The van der Waals surface area contributed by atoms with Gasteiger partial charge in [-0.2, -0.15) is 0 Å². The molecule has 0 amide bonds. The lowest BCUT2D eigenvalue weighted by Crippen LogP contribution is -2.01. The first-order valence-corrected chi connectivity index (χ1v) is 6.65. The summed E-state index contributed by atoms with van der Waals surface area (Å²) in [5.41, 5.74) is 3.48. The van der Waals surface area contributed by atoms with Crippen LogP contribution in [-0.4, -0.2) is 23.2 Å². The maximum absolute atomic E-state index is 11.2. The topological polar surface area (TPSA) is 62.3 Å². The Bertz CT molecular complexity index is 805. The van der Waals surface area contributed by atoms with Gasteiger partial charge in [-0.05, 0) is 23.8 Å². The summed E-state index contributed by atoms with van der Waals surface area (Å²) < 4.78 is 5.24. The minimum absolute atomic E-state index is 0.0173. The van der Waals surface area contributed by atoms with Gasteiger partial charge in [-0.15, -0.1) is 0 Å². The molecular weight excluding hydrogens is 266 g/mol. The first-order chi connectivity index (χ1) is 10.2. The van der Waals surface area contributed by atoms with Crippen molar-refractivity contribution in [3.8, 4) is 17.0 Å². The van der Waals surface area contributed by atoms with E-state index in [0.29, 0.717) is 0 Å². The molecule has 0 fully saturated rings. The molecule has 4 heteroatoms. The molecule has 0 spiro atoms. The zero-order valence-electron chi connectivity index (χ0n) is 11.6. The van der Waals surface area contributed by atoms with Crippen LogP contribution in [-0.2, 0) is 11.2 Å². The van der Waals surface area contributed by atoms with Gasteiger partial charge >= 0.3 is 5.97 Å². The Morgan fingerprint density at radius 3 is 2.76 bits per heavy atom. The minimum atomic E-state index is -0.844. The molecule has 2 aromatic carbocycles. The van der Waals surface area contributed by atoms with Gasteiger partial charge in [0.05, 0.1) is 19.2 Å². The molecule has 4 nitrogen and oxygen atoms in total. The van der Waals surface area contributed by atoms with Gasteiger partial charge in [0.25, 0.3) is 0 Å². The van der Waals surface area contributed by atoms with Gasteiger partial charge in [0.1, 0.15) is 5.75 Å². The number of fused-ring (bicyclic) bond motifs is 1. The highest BCUT2D eigenvalue weighted by molar-refractivity contribution is 5.94. The van der Waals surface area contributed by atoms with Crippen molar-refractivity contribution >= 4 is 16.9 Å². The van der Waals surface area contributed by atoms with Crippen LogP contribution in [0, 0.1) is 0 Å². The third-order valence-electron chi connectivity index (χ3n) is 3.50. The molecule has 1 heterocycles. The lowest BCUT2D eigenvalue weighted by molar-refractivity contribution is -0.136. The molecule has 0 aliphatic rings. The average Bonchev–Trinajstić information content (AvgIpc) is 2.86. The van der Waals surface area contributed by atoms with Gasteiger partial charge in [0, 0.05) is 16.5 Å². The van der Waals surface area contributed by atoms with Crippen molar-refractivity contribution in [1.82, 2.24) is 4.98 Å². The van der Waals surface area contributed by atoms with Crippen molar-refractivity contribution in [2.75, 3.05) is 7.11 Å². The number of aromatic nitrogens is 1. The molecule has 0 aliphatic heterocycles. The summed E-state index contributed by atoms with van der Waals surface area (Å²) in [6, 6.07) is 15.3. The number of aromatic amines is 1. The highest BCUT2D eigenvalue weighted by atomic mass is 16.5. The molecule has 3 aromatic rings. The second-order valence-electron chi connectivity index (χ2n) is 4.83. The second-order valence-corrected chi connectivity index (χ2v) is 4.83. The smallest absolute Gasteiger partial charge is 0.307 e. The maximum Gasteiger partial charge on any atom is 0.307 e. The lowest BCUT2D eigenvalue weighted by atomic mass is 10.0. The van der Waals surface area contributed by atoms with Gasteiger partial charge in [-0.1, -0.05) is 30.3 Å². The molecule has 0 saturated heterocycles. The van der Waals surface area contributed by atoms with E-state index in [9.17, 15) is 9.90 Å². The van der Waals surface area contributed by atoms with E-state index in [1.54, 1.807) is 7.11 Å². The van der Waals surface area contributed by atoms with Gasteiger partial charge in [0.2, 0.25) is 0 Å². The molecule has 0 bridgehead atoms. The molecule has 0 atom stereocenters. The van der Waals surface area contributed by atoms with Crippen molar-refractivity contribution in [3.63, 3.8) is 0 Å². The van der Waals surface area contributed by atoms with Gasteiger partial charge < -0.3 is 14.8 Å². The molecule has 0 aliphatic carbocycles. The average molecular weight is 281 g/mol. The first-order valence-electron chi connectivity index (χ1n) is 6.65. The molecule has 3 rings (SSSR count). The van der Waals surface area contributed by atoms with E-state index in [0.717, 1.165) is 33.5 Å². The molecule has 0 unspecified atom stereocenters. The Morgan fingerprint density at radius 1 is 1.19 bits per heavy atom.